The molecular formula is C18H15F3N2O3. The van der Waals surface area contributed by atoms with Crippen LogP contribution in [0, 0.1) is 0 Å². The van der Waals surface area contributed by atoms with E-state index in [1.807, 2.05) is 0 Å². The maximum absolute atomic E-state index is 12.7. The molecule has 3 rings (SSSR count). The van der Waals surface area contributed by atoms with Gasteiger partial charge in [0, 0.05) is 18.8 Å². The zero-order valence-corrected chi connectivity index (χ0v) is 13.5. The van der Waals surface area contributed by atoms with Crippen molar-refractivity contribution >= 4 is 11.9 Å². The number of rotatable bonds is 5. The molecule has 0 spiro atoms. The molecule has 1 amide bonds. The number of nitrogens with zero attached hydrogens (tertiary/aromatic N) is 2. The van der Waals surface area contributed by atoms with Gasteiger partial charge in [0.15, 0.2) is 0 Å². The molecule has 136 valence electrons. The van der Waals surface area contributed by atoms with Crippen LogP contribution in [0.3, 0.4) is 0 Å². The van der Waals surface area contributed by atoms with Crippen LogP contribution < -0.4 is 0 Å². The average Bonchev–Trinajstić information content (AvgIpc) is 3.44. The molecule has 1 heterocycles. The van der Waals surface area contributed by atoms with E-state index in [9.17, 15) is 22.8 Å². The Hall–Kier alpha value is -2.90. The van der Waals surface area contributed by atoms with Crippen LogP contribution in [0.2, 0.25) is 0 Å². The highest BCUT2D eigenvalue weighted by Crippen LogP contribution is 2.31. The first kappa shape index (κ1) is 17.9. The summed E-state index contributed by atoms with van der Waals surface area (Å²) in [7, 11) is 0. The molecule has 5 nitrogen and oxygen atoms in total. The van der Waals surface area contributed by atoms with Gasteiger partial charge < -0.3 is 10.0 Å². The van der Waals surface area contributed by atoms with Gasteiger partial charge in [0.05, 0.1) is 11.1 Å². The van der Waals surface area contributed by atoms with Gasteiger partial charge in [0.1, 0.15) is 5.69 Å². The lowest BCUT2D eigenvalue weighted by Crippen LogP contribution is -2.33. The van der Waals surface area contributed by atoms with E-state index in [0.29, 0.717) is 5.56 Å². The number of hydrogen-bond acceptors (Lipinski definition) is 3. The van der Waals surface area contributed by atoms with Crippen molar-refractivity contribution in [1.82, 2.24) is 9.88 Å². The SMILES string of the molecule is O=C(O)c1ccnc(C(=O)N(Cc2ccc(C(F)(F)F)cc2)C2CC2)c1. The Morgan fingerprint density at radius 1 is 1.15 bits per heavy atom. The molecule has 2 aromatic rings. The number of halogens is 3. The van der Waals surface area contributed by atoms with E-state index in [1.165, 1.54) is 35.4 Å². The van der Waals surface area contributed by atoms with Crippen LogP contribution in [-0.2, 0) is 12.7 Å². The zero-order chi connectivity index (χ0) is 18.9. The Morgan fingerprint density at radius 3 is 2.35 bits per heavy atom. The van der Waals surface area contributed by atoms with Crippen LogP contribution in [0.5, 0.6) is 0 Å². The maximum atomic E-state index is 12.7. The second-order valence-electron chi connectivity index (χ2n) is 6.09. The van der Waals surface area contributed by atoms with Gasteiger partial charge in [-0.15, -0.1) is 0 Å². The summed E-state index contributed by atoms with van der Waals surface area (Å²) in [6, 6.07) is 7.12. The van der Waals surface area contributed by atoms with Crippen molar-refractivity contribution in [3.63, 3.8) is 0 Å². The van der Waals surface area contributed by atoms with Crippen molar-refractivity contribution in [1.29, 1.82) is 0 Å². The maximum Gasteiger partial charge on any atom is 0.416 e. The predicted molar refractivity (Wildman–Crippen MR) is 85.5 cm³/mol. The second-order valence-corrected chi connectivity index (χ2v) is 6.09. The molecule has 1 aromatic carbocycles. The third kappa shape index (κ3) is 4.01. The van der Waals surface area contributed by atoms with Crippen LogP contribution in [0.1, 0.15) is 44.8 Å². The monoisotopic (exact) mass is 364 g/mol. The van der Waals surface area contributed by atoms with E-state index < -0.39 is 23.6 Å². The van der Waals surface area contributed by atoms with Crippen molar-refractivity contribution < 1.29 is 27.9 Å². The fourth-order valence-electron chi connectivity index (χ4n) is 2.58. The number of aromatic nitrogens is 1. The van der Waals surface area contributed by atoms with E-state index >= 15 is 0 Å². The van der Waals surface area contributed by atoms with Gasteiger partial charge in [0.2, 0.25) is 0 Å². The molecule has 0 unspecified atom stereocenters. The van der Waals surface area contributed by atoms with Gasteiger partial charge in [-0.2, -0.15) is 13.2 Å². The first-order valence-corrected chi connectivity index (χ1v) is 7.92. The largest absolute Gasteiger partial charge is 0.478 e. The Labute approximate surface area is 147 Å². The van der Waals surface area contributed by atoms with Crippen LogP contribution in [-0.4, -0.2) is 32.9 Å². The van der Waals surface area contributed by atoms with E-state index in [4.69, 9.17) is 5.11 Å². The molecule has 8 heteroatoms. The van der Waals surface area contributed by atoms with Gasteiger partial charge in [-0.1, -0.05) is 12.1 Å². The fourth-order valence-corrected chi connectivity index (χ4v) is 2.58. The molecule has 1 N–H and O–H groups in total. The smallest absolute Gasteiger partial charge is 0.416 e. The molecule has 1 aliphatic carbocycles. The Kier molecular flexibility index (Phi) is 4.67. The molecule has 0 aliphatic heterocycles. The number of aromatic carboxylic acids is 1. The summed E-state index contributed by atoms with van der Waals surface area (Å²) in [5.41, 5.74) is -0.230. The van der Waals surface area contributed by atoms with Crippen molar-refractivity contribution in [2.45, 2.75) is 31.6 Å². The molecule has 26 heavy (non-hydrogen) atoms. The molecule has 0 bridgehead atoms. The van der Waals surface area contributed by atoms with Gasteiger partial charge in [-0.3, -0.25) is 9.78 Å². The number of carbonyl (C=O) groups is 2. The van der Waals surface area contributed by atoms with Gasteiger partial charge in [0.25, 0.3) is 5.91 Å². The number of carbonyl (C=O) groups excluding carboxylic acids is 1. The highest BCUT2D eigenvalue weighted by atomic mass is 19.4. The number of alkyl halides is 3. The lowest BCUT2D eigenvalue weighted by Gasteiger charge is -2.22. The third-order valence-electron chi connectivity index (χ3n) is 4.11. The lowest BCUT2D eigenvalue weighted by atomic mass is 10.1. The first-order chi connectivity index (χ1) is 12.3. The van der Waals surface area contributed by atoms with Gasteiger partial charge in [-0.05, 0) is 42.7 Å². The number of amides is 1. The second kappa shape index (κ2) is 6.78. The minimum Gasteiger partial charge on any atom is -0.478 e. The number of carboxylic acids is 1. The number of carboxylic acid groups (broad SMARTS) is 1. The Balaban J connectivity index is 1.80. The normalized spacial score (nSPS) is 14.1. The molecule has 1 fully saturated rings. The molecule has 1 aromatic heterocycles. The van der Waals surface area contributed by atoms with Crippen molar-refractivity contribution in [2.75, 3.05) is 0 Å². The average molecular weight is 364 g/mol. The summed E-state index contributed by atoms with van der Waals surface area (Å²) in [6.45, 7) is 0.140. The van der Waals surface area contributed by atoms with Crippen LogP contribution in [0.25, 0.3) is 0 Å². The van der Waals surface area contributed by atoms with Crippen LogP contribution >= 0.6 is 0 Å². The van der Waals surface area contributed by atoms with E-state index in [2.05, 4.69) is 4.98 Å². The minimum absolute atomic E-state index is 0.00344. The molecular weight excluding hydrogens is 349 g/mol. The topological polar surface area (TPSA) is 70.5 Å². The predicted octanol–water partition coefficient (Wildman–Crippen LogP) is 3.60. The highest BCUT2D eigenvalue weighted by Gasteiger charge is 2.34. The van der Waals surface area contributed by atoms with E-state index in [-0.39, 0.29) is 23.8 Å². The molecule has 1 aliphatic rings. The third-order valence-corrected chi connectivity index (χ3v) is 4.11. The van der Waals surface area contributed by atoms with Crippen molar-refractivity contribution in [2.24, 2.45) is 0 Å². The standard InChI is InChI=1S/C18H15F3N2O3/c19-18(20,21)13-3-1-11(2-4-13)10-23(14-5-6-14)16(24)15-9-12(17(25)26)7-8-22-15/h1-4,7-9,14H,5-6,10H2,(H,25,26). The summed E-state index contributed by atoms with van der Waals surface area (Å²) < 4.78 is 38.0. The summed E-state index contributed by atoms with van der Waals surface area (Å²) in [5, 5.41) is 9.03. The van der Waals surface area contributed by atoms with Crippen LogP contribution in [0.4, 0.5) is 13.2 Å². The summed E-state index contributed by atoms with van der Waals surface area (Å²) in [6.07, 6.45) is -1.57. The lowest BCUT2D eigenvalue weighted by molar-refractivity contribution is -0.137. The number of pyridine rings is 1. The molecule has 1 saturated carbocycles. The summed E-state index contributed by atoms with van der Waals surface area (Å²) >= 11 is 0. The Bertz CT molecular complexity index is 830. The first-order valence-electron chi connectivity index (χ1n) is 7.92. The van der Waals surface area contributed by atoms with E-state index in [1.54, 1.807) is 0 Å². The minimum atomic E-state index is -4.41. The van der Waals surface area contributed by atoms with Crippen molar-refractivity contribution in [3.05, 3.63) is 65.0 Å². The number of benzene rings is 1. The molecule has 0 saturated heterocycles. The quantitative estimate of drug-likeness (QED) is 0.880. The molecule has 0 atom stereocenters. The molecule has 0 radical (unpaired) electrons. The highest BCUT2D eigenvalue weighted by molar-refractivity contribution is 5.96. The fraction of sp³-hybridized carbons (Fsp3) is 0.278. The zero-order valence-electron chi connectivity index (χ0n) is 13.5. The summed E-state index contributed by atoms with van der Waals surface area (Å²) in [5.74, 6) is -1.60. The van der Waals surface area contributed by atoms with Gasteiger partial charge in [-0.25, -0.2) is 4.79 Å². The van der Waals surface area contributed by atoms with Crippen molar-refractivity contribution in [3.8, 4) is 0 Å². The number of hydrogen-bond donors (Lipinski definition) is 1. The van der Waals surface area contributed by atoms with E-state index in [0.717, 1.165) is 25.0 Å². The van der Waals surface area contributed by atoms with Crippen LogP contribution in [0.15, 0.2) is 42.6 Å². The van der Waals surface area contributed by atoms with Gasteiger partial charge >= 0.3 is 12.1 Å². The Morgan fingerprint density at radius 2 is 1.81 bits per heavy atom. The summed E-state index contributed by atoms with van der Waals surface area (Å²) in [4.78, 5) is 29.2.